The highest BCUT2D eigenvalue weighted by Crippen LogP contribution is 2.48. The summed E-state index contributed by atoms with van der Waals surface area (Å²) in [5.41, 5.74) is 3.27. The van der Waals surface area contributed by atoms with Crippen molar-refractivity contribution in [2.75, 3.05) is 20.8 Å². The van der Waals surface area contributed by atoms with E-state index in [1.807, 2.05) is 72.7 Å². The molecule has 0 saturated carbocycles. The van der Waals surface area contributed by atoms with Crippen molar-refractivity contribution in [2.24, 2.45) is 4.99 Å². The number of carbonyl (C=O) groups excluding carboxylic acids is 2. The van der Waals surface area contributed by atoms with Crippen LogP contribution in [0.5, 0.6) is 11.5 Å². The zero-order valence-electron chi connectivity index (χ0n) is 22.3. The van der Waals surface area contributed by atoms with E-state index < -0.39 is 12.0 Å². The molecular formula is C29H33N3O5S. The highest BCUT2D eigenvalue weighted by molar-refractivity contribution is 8.16. The van der Waals surface area contributed by atoms with E-state index in [0.29, 0.717) is 27.9 Å². The van der Waals surface area contributed by atoms with Crippen molar-refractivity contribution in [2.45, 2.75) is 45.7 Å². The SMILES string of the molecule is CCOC(=O)C1=C(c2ccccc2)N=C2SC=C(CC(=O)N[C@@H](C)CC)N2[C@H]1c1ccc(OC)c(OC)c1. The zero-order chi connectivity index (χ0) is 27.2. The average molecular weight is 536 g/mol. The lowest BCUT2D eigenvalue weighted by atomic mass is 9.91. The second-order valence-electron chi connectivity index (χ2n) is 8.91. The first-order valence-electron chi connectivity index (χ1n) is 12.6. The quantitative estimate of drug-likeness (QED) is 0.414. The van der Waals surface area contributed by atoms with Gasteiger partial charge in [0.25, 0.3) is 0 Å². The van der Waals surface area contributed by atoms with Crippen LogP contribution in [0.1, 0.15) is 50.8 Å². The van der Waals surface area contributed by atoms with Gasteiger partial charge in [0.15, 0.2) is 16.7 Å². The summed E-state index contributed by atoms with van der Waals surface area (Å²) in [6.07, 6.45) is 0.983. The number of nitrogens with one attached hydrogen (secondary N) is 1. The summed E-state index contributed by atoms with van der Waals surface area (Å²) in [6.45, 7) is 6.00. The minimum atomic E-state index is -0.603. The van der Waals surface area contributed by atoms with Crippen molar-refractivity contribution >= 4 is 34.5 Å². The van der Waals surface area contributed by atoms with Gasteiger partial charge >= 0.3 is 5.97 Å². The van der Waals surface area contributed by atoms with Crippen molar-refractivity contribution in [1.29, 1.82) is 0 Å². The molecule has 0 fully saturated rings. The van der Waals surface area contributed by atoms with Crippen LogP contribution in [0.3, 0.4) is 0 Å². The molecule has 2 atom stereocenters. The van der Waals surface area contributed by atoms with Gasteiger partial charge in [-0.2, -0.15) is 0 Å². The van der Waals surface area contributed by atoms with E-state index in [-0.39, 0.29) is 25.0 Å². The summed E-state index contributed by atoms with van der Waals surface area (Å²) in [4.78, 5) is 33.4. The Kier molecular flexibility index (Phi) is 8.78. The first-order valence-corrected chi connectivity index (χ1v) is 13.5. The number of hydrogen-bond acceptors (Lipinski definition) is 8. The van der Waals surface area contributed by atoms with E-state index in [2.05, 4.69) is 5.32 Å². The van der Waals surface area contributed by atoms with E-state index in [1.165, 1.54) is 11.8 Å². The van der Waals surface area contributed by atoms with Crippen LogP contribution < -0.4 is 14.8 Å². The maximum absolute atomic E-state index is 13.6. The van der Waals surface area contributed by atoms with Gasteiger partial charge in [0.05, 0.1) is 44.6 Å². The van der Waals surface area contributed by atoms with E-state index in [9.17, 15) is 9.59 Å². The van der Waals surface area contributed by atoms with Crippen molar-refractivity contribution in [3.8, 4) is 11.5 Å². The van der Waals surface area contributed by atoms with Gasteiger partial charge in [0.2, 0.25) is 5.91 Å². The normalized spacial score (nSPS) is 17.3. The van der Waals surface area contributed by atoms with E-state index in [1.54, 1.807) is 21.1 Å². The van der Waals surface area contributed by atoms with E-state index in [4.69, 9.17) is 19.2 Å². The summed E-state index contributed by atoms with van der Waals surface area (Å²) in [6, 6.07) is 14.6. The molecule has 1 amide bonds. The number of methoxy groups -OCH3 is 2. The van der Waals surface area contributed by atoms with Crippen molar-refractivity contribution in [3.63, 3.8) is 0 Å². The van der Waals surface area contributed by atoms with Gasteiger partial charge in [0.1, 0.15) is 0 Å². The predicted octanol–water partition coefficient (Wildman–Crippen LogP) is 5.28. The maximum atomic E-state index is 13.6. The molecule has 200 valence electrons. The number of amides is 1. The number of benzene rings is 2. The van der Waals surface area contributed by atoms with Gasteiger partial charge in [-0.05, 0) is 43.4 Å². The number of ether oxygens (including phenoxy) is 3. The molecule has 0 aromatic heterocycles. The molecule has 1 N–H and O–H groups in total. The Morgan fingerprint density at radius 1 is 1.08 bits per heavy atom. The highest BCUT2D eigenvalue weighted by Gasteiger charge is 2.42. The van der Waals surface area contributed by atoms with Gasteiger partial charge in [-0.3, -0.25) is 4.79 Å². The lowest BCUT2D eigenvalue weighted by Crippen LogP contribution is -2.39. The lowest BCUT2D eigenvalue weighted by molar-refractivity contribution is -0.139. The fraction of sp³-hybridized carbons (Fsp3) is 0.345. The molecule has 2 aliphatic rings. The number of hydrogen-bond donors (Lipinski definition) is 1. The Morgan fingerprint density at radius 2 is 1.82 bits per heavy atom. The molecule has 2 aromatic rings. The third-order valence-electron chi connectivity index (χ3n) is 6.44. The molecule has 8 nitrogen and oxygen atoms in total. The summed E-state index contributed by atoms with van der Waals surface area (Å²) < 4.78 is 16.6. The number of aliphatic imine (C=N–C) groups is 1. The third-order valence-corrected chi connectivity index (χ3v) is 7.33. The zero-order valence-corrected chi connectivity index (χ0v) is 23.1. The van der Waals surface area contributed by atoms with Crippen LogP contribution in [-0.4, -0.2) is 48.8 Å². The molecule has 0 saturated heterocycles. The van der Waals surface area contributed by atoms with E-state index >= 15 is 0 Å². The first-order chi connectivity index (χ1) is 18.4. The summed E-state index contributed by atoms with van der Waals surface area (Å²) in [7, 11) is 3.15. The van der Waals surface area contributed by atoms with Crippen LogP contribution in [0.15, 0.2) is 70.2 Å². The fourth-order valence-electron chi connectivity index (χ4n) is 4.42. The Morgan fingerprint density at radius 3 is 2.47 bits per heavy atom. The maximum Gasteiger partial charge on any atom is 0.338 e. The number of esters is 1. The molecule has 0 aliphatic carbocycles. The van der Waals surface area contributed by atoms with Gasteiger partial charge in [-0.1, -0.05) is 55.1 Å². The second kappa shape index (κ2) is 12.2. The third kappa shape index (κ3) is 5.57. The number of rotatable bonds is 10. The van der Waals surface area contributed by atoms with Gasteiger partial charge in [0, 0.05) is 17.3 Å². The van der Waals surface area contributed by atoms with E-state index in [0.717, 1.165) is 23.2 Å². The van der Waals surface area contributed by atoms with Crippen molar-refractivity contribution in [1.82, 2.24) is 10.2 Å². The molecule has 9 heteroatoms. The molecule has 0 radical (unpaired) electrons. The second-order valence-corrected chi connectivity index (χ2v) is 9.75. The van der Waals surface area contributed by atoms with Crippen molar-refractivity contribution in [3.05, 3.63) is 76.3 Å². The predicted molar refractivity (Wildman–Crippen MR) is 150 cm³/mol. The van der Waals surface area contributed by atoms with Crippen LogP contribution in [-0.2, 0) is 14.3 Å². The number of thioether (sulfide) groups is 1. The lowest BCUT2D eigenvalue weighted by Gasteiger charge is -2.37. The number of carbonyl (C=O) groups is 2. The molecule has 2 heterocycles. The van der Waals surface area contributed by atoms with Crippen LogP contribution >= 0.6 is 11.8 Å². The van der Waals surface area contributed by atoms with Gasteiger partial charge in [-0.25, -0.2) is 9.79 Å². The van der Waals surface area contributed by atoms with Crippen molar-refractivity contribution < 1.29 is 23.8 Å². The number of amidine groups is 1. The van der Waals surface area contributed by atoms with Gasteiger partial charge < -0.3 is 24.4 Å². The summed E-state index contributed by atoms with van der Waals surface area (Å²) in [5.74, 6) is 0.555. The Hall–Kier alpha value is -3.72. The molecule has 0 unspecified atom stereocenters. The summed E-state index contributed by atoms with van der Waals surface area (Å²) >= 11 is 1.43. The standard InChI is InChI=1S/C29H33N3O5S/c1-6-18(3)30-24(33)16-21-17-38-29-31-26(19-11-9-8-10-12-19)25(28(34)37-7-2)27(32(21)29)20-13-14-22(35-4)23(15-20)36-5/h8-15,17-18,27H,6-7,16H2,1-5H3,(H,30,33)/t18-,27-/m0/s1. The van der Waals surface area contributed by atoms with Crippen LogP contribution in [0.25, 0.3) is 5.70 Å². The largest absolute Gasteiger partial charge is 0.493 e. The first kappa shape index (κ1) is 27.3. The molecule has 2 aliphatic heterocycles. The smallest absolute Gasteiger partial charge is 0.338 e. The highest BCUT2D eigenvalue weighted by atomic mass is 32.2. The minimum absolute atomic E-state index is 0.0629. The minimum Gasteiger partial charge on any atom is -0.493 e. The Balaban J connectivity index is 1.88. The molecule has 2 aromatic carbocycles. The molecule has 4 rings (SSSR count). The monoisotopic (exact) mass is 535 g/mol. The van der Waals surface area contributed by atoms with Crippen LogP contribution in [0, 0.1) is 0 Å². The molecule has 0 spiro atoms. The summed E-state index contributed by atoms with van der Waals surface area (Å²) in [5, 5.41) is 5.65. The topological polar surface area (TPSA) is 89.5 Å². The van der Waals surface area contributed by atoms with Crippen LogP contribution in [0.2, 0.25) is 0 Å². The number of nitrogens with zero attached hydrogens (tertiary/aromatic N) is 2. The Labute approximate surface area is 227 Å². The van der Waals surface area contributed by atoms with Crippen LogP contribution in [0.4, 0.5) is 0 Å². The number of fused-ring (bicyclic) bond motifs is 1. The molecular weight excluding hydrogens is 502 g/mol. The molecule has 0 bridgehead atoms. The molecule has 38 heavy (non-hydrogen) atoms. The average Bonchev–Trinajstić information content (AvgIpc) is 3.33. The Bertz CT molecular complexity index is 1290. The van der Waals surface area contributed by atoms with Gasteiger partial charge in [-0.15, -0.1) is 0 Å². The fourth-order valence-corrected chi connectivity index (χ4v) is 5.34.